The minimum absolute atomic E-state index is 0.150. The molecule has 0 fully saturated rings. The molecule has 1 N–H and O–H groups in total. The van der Waals surface area contributed by atoms with E-state index < -0.39 is 0 Å². The van der Waals surface area contributed by atoms with Crippen molar-refractivity contribution in [1.82, 2.24) is 15.5 Å². The van der Waals surface area contributed by atoms with Gasteiger partial charge < -0.3 is 9.84 Å². The van der Waals surface area contributed by atoms with Crippen LogP contribution in [0.1, 0.15) is 32.9 Å². The van der Waals surface area contributed by atoms with E-state index in [1.165, 1.54) is 0 Å². The Kier molecular flexibility index (Phi) is 4.42. The van der Waals surface area contributed by atoms with Gasteiger partial charge in [0.05, 0.1) is 6.54 Å². The number of benzene rings is 2. The first kappa shape index (κ1) is 15.9. The first-order valence-corrected chi connectivity index (χ1v) is 7.78. The molecule has 5 nitrogen and oxygen atoms in total. The summed E-state index contributed by atoms with van der Waals surface area (Å²) < 4.78 is 5.23. The fourth-order valence-electron chi connectivity index (χ4n) is 2.58. The fraction of sp³-hybridized carbons (Fsp3) is 0.211. The Balaban J connectivity index is 1.69. The van der Waals surface area contributed by atoms with Crippen LogP contribution in [0.4, 0.5) is 0 Å². The van der Waals surface area contributed by atoms with Crippen LogP contribution in [0.15, 0.2) is 47.0 Å². The number of nitrogens with one attached hydrogen (secondary N) is 1. The Bertz CT molecular complexity index is 884. The summed E-state index contributed by atoms with van der Waals surface area (Å²) in [5.74, 6) is 0.762. The van der Waals surface area contributed by atoms with Crippen molar-refractivity contribution in [2.75, 3.05) is 0 Å². The molecule has 0 aliphatic heterocycles. The molecule has 1 amide bonds. The Hall–Kier alpha value is -2.95. The number of carbonyl (C=O) groups is 1. The van der Waals surface area contributed by atoms with E-state index in [0.29, 0.717) is 17.3 Å². The maximum absolute atomic E-state index is 12.3. The highest BCUT2D eigenvalue weighted by Crippen LogP contribution is 2.19. The minimum atomic E-state index is -0.150. The largest absolute Gasteiger partial charge is 0.343 e. The second kappa shape index (κ2) is 6.66. The van der Waals surface area contributed by atoms with Crippen molar-refractivity contribution in [3.05, 3.63) is 70.6 Å². The molecule has 24 heavy (non-hydrogen) atoms. The van der Waals surface area contributed by atoms with Gasteiger partial charge in [-0.2, -0.15) is 4.98 Å². The van der Waals surface area contributed by atoms with E-state index >= 15 is 0 Å². The molecule has 0 saturated heterocycles. The van der Waals surface area contributed by atoms with Crippen LogP contribution in [0, 0.1) is 20.8 Å². The standard InChI is InChI=1S/C19H19N3O2/c1-12-8-9-16(14(3)10-12)19(23)20-11-17-21-18(22-24-17)15-7-5-4-6-13(15)2/h4-10H,11H2,1-3H3,(H,20,23). The molecule has 0 atom stereocenters. The summed E-state index contributed by atoms with van der Waals surface area (Å²) in [6.45, 7) is 6.11. The SMILES string of the molecule is Cc1ccc(C(=O)NCc2nc(-c3ccccc3C)no2)c(C)c1. The third-order valence-electron chi connectivity index (χ3n) is 3.88. The number of nitrogens with zero attached hydrogens (tertiary/aromatic N) is 2. The molecule has 0 aliphatic rings. The number of hydrogen-bond acceptors (Lipinski definition) is 4. The molecule has 0 unspecified atom stereocenters. The molecule has 3 aromatic rings. The summed E-state index contributed by atoms with van der Waals surface area (Å²) in [7, 11) is 0. The van der Waals surface area contributed by atoms with Gasteiger partial charge in [0.15, 0.2) is 0 Å². The molecule has 122 valence electrons. The third-order valence-corrected chi connectivity index (χ3v) is 3.88. The second-order valence-electron chi connectivity index (χ2n) is 5.83. The molecular weight excluding hydrogens is 302 g/mol. The van der Waals surface area contributed by atoms with E-state index in [4.69, 9.17) is 4.52 Å². The lowest BCUT2D eigenvalue weighted by molar-refractivity contribution is 0.0945. The topological polar surface area (TPSA) is 68.0 Å². The van der Waals surface area contributed by atoms with Gasteiger partial charge in [0.2, 0.25) is 11.7 Å². The van der Waals surface area contributed by atoms with E-state index in [-0.39, 0.29) is 12.5 Å². The Labute approximate surface area is 140 Å². The van der Waals surface area contributed by atoms with Crippen molar-refractivity contribution in [3.8, 4) is 11.4 Å². The van der Waals surface area contributed by atoms with Crippen molar-refractivity contribution in [1.29, 1.82) is 0 Å². The molecule has 0 bridgehead atoms. The molecule has 0 spiro atoms. The Morgan fingerprint density at radius 2 is 1.88 bits per heavy atom. The molecular formula is C19H19N3O2. The first-order valence-electron chi connectivity index (χ1n) is 7.78. The van der Waals surface area contributed by atoms with Crippen LogP contribution in [-0.4, -0.2) is 16.0 Å². The molecule has 1 heterocycles. The van der Waals surface area contributed by atoms with Crippen LogP contribution < -0.4 is 5.32 Å². The van der Waals surface area contributed by atoms with Crippen molar-refractivity contribution >= 4 is 5.91 Å². The quantitative estimate of drug-likeness (QED) is 0.797. The van der Waals surface area contributed by atoms with Crippen LogP contribution >= 0.6 is 0 Å². The number of amides is 1. The lowest BCUT2D eigenvalue weighted by Gasteiger charge is -2.06. The van der Waals surface area contributed by atoms with E-state index in [1.807, 2.05) is 63.2 Å². The molecule has 1 aromatic heterocycles. The van der Waals surface area contributed by atoms with Crippen LogP contribution in [0.5, 0.6) is 0 Å². The molecule has 2 aromatic carbocycles. The van der Waals surface area contributed by atoms with Crippen molar-refractivity contribution in [2.45, 2.75) is 27.3 Å². The number of hydrogen-bond donors (Lipinski definition) is 1. The number of rotatable bonds is 4. The summed E-state index contributed by atoms with van der Waals surface area (Å²) in [5, 5.41) is 6.81. The lowest BCUT2D eigenvalue weighted by Crippen LogP contribution is -2.23. The normalized spacial score (nSPS) is 10.6. The average molecular weight is 321 g/mol. The number of aromatic nitrogens is 2. The molecule has 3 rings (SSSR count). The van der Waals surface area contributed by atoms with Gasteiger partial charge >= 0.3 is 0 Å². The fourth-order valence-corrected chi connectivity index (χ4v) is 2.58. The molecule has 0 aliphatic carbocycles. The van der Waals surface area contributed by atoms with Crippen molar-refractivity contribution in [3.63, 3.8) is 0 Å². The highest BCUT2D eigenvalue weighted by atomic mass is 16.5. The third kappa shape index (κ3) is 3.35. The summed E-state index contributed by atoms with van der Waals surface area (Å²) in [5.41, 5.74) is 4.72. The maximum atomic E-state index is 12.3. The minimum Gasteiger partial charge on any atom is -0.343 e. The molecule has 5 heteroatoms. The summed E-state index contributed by atoms with van der Waals surface area (Å²) in [6.07, 6.45) is 0. The van der Waals surface area contributed by atoms with Gasteiger partial charge in [0, 0.05) is 11.1 Å². The molecule has 0 radical (unpaired) electrons. The number of carbonyl (C=O) groups excluding carboxylic acids is 1. The van der Waals surface area contributed by atoms with Crippen LogP contribution in [0.3, 0.4) is 0 Å². The van der Waals surface area contributed by atoms with Gasteiger partial charge in [-0.25, -0.2) is 0 Å². The van der Waals surface area contributed by atoms with E-state index in [1.54, 1.807) is 0 Å². The summed E-state index contributed by atoms with van der Waals surface area (Å²) >= 11 is 0. The van der Waals surface area contributed by atoms with E-state index in [2.05, 4.69) is 15.5 Å². The predicted molar refractivity (Wildman–Crippen MR) is 91.6 cm³/mol. The van der Waals surface area contributed by atoms with E-state index in [0.717, 1.165) is 22.3 Å². The predicted octanol–water partition coefficient (Wildman–Crippen LogP) is 3.59. The average Bonchev–Trinajstić information content (AvgIpc) is 3.02. The van der Waals surface area contributed by atoms with Crippen LogP contribution in [-0.2, 0) is 6.54 Å². The lowest BCUT2D eigenvalue weighted by atomic mass is 10.1. The van der Waals surface area contributed by atoms with Gasteiger partial charge in [0.25, 0.3) is 5.91 Å². The smallest absolute Gasteiger partial charge is 0.251 e. The van der Waals surface area contributed by atoms with Crippen LogP contribution in [0.25, 0.3) is 11.4 Å². The van der Waals surface area contributed by atoms with E-state index in [9.17, 15) is 4.79 Å². The maximum Gasteiger partial charge on any atom is 0.251 e. The van der Waals surface area contributed by atoms with Gasteiger partial charge in [-0.3, -0.25) is 4.79 Å². The van der Waals surface area contributed by atoms with Crippen molar-refractivity contribution in [2.24, 2.45) is 0 Å². The number of aryl methyl sites for hydroxylation is 3. The van der Waals surface area contributed by atoms with Crippen LogP contribution in [0.2, 0.25) is 0 Å². The second-order valence-corrected chi connectivity index (χ2v) is 5.83. The Morgan fingerprint density at radius 3 is 2.62 bits per heavy atom. The highest BCUT2D eigenvalue weighted by Gasteiger charge is 2.13. The zero-order chi connectivity index (χ0) is 17.1. The summed E-state index contributed by atoms with van der Waals surface area (Å²) in [4.78, 5) is 16.6. The summed E-state index contributed by atoms with van der Waals surface area (Å²) in [6, 6.07) is 13.6. The van der Waals surface area contributed by atoms with Gasteiger partial charge in [0.1, 0.15) is 0 Å². The highest BCUT2D eigenvalue weighted by molar-refractivity contribution is 5.95. The van der Waals surface area contributed by atoms with Crippen molar-refractivity contribution < 1.29 is 9.32 Å². The zero-order valence-electron chi connectivity index (χ0n) is 14.0. The first-order chi connectivity index (χ1) is 11.5. The monoisotopic (exact) mass is 321 g/mol. The van der Waals surface area contributed by atoms with Gasteiger partial charge in [-0.1, -0.05) is 47.1 Å². The van der Waals surface area contributed by atoms with Gasteiger partial charge in [-0.05, 0) is 38.0 Å². The van der Waals surface area contributed by atoms with Gasteiger partial charge in [-0.15, -0.1) is 0 Å². The Morgan fingerprint density at radius 1 is 1.08 bits per heavy atom. The molecule has 0 saturated carbocycles. The zero-order valence-corrected chi connectivity index (χ0v) is 14.0.